The Morgan fingerprint density at radius 3 is 1.95 bits per heavy atom. The summed E-state index contributed by atoms with van der Waals surface area (Å²) in [6, 6.07) is -1.82. The van der Waals surface area contributed by atoms with Gasteiger partial charge >= 0.3 is 11.9 Å². The maximum Gasteiger partial charge on any atom is 0.344 e. The van der Waals surface area contributed by atoms with Gasteiger partial charge in [0.15, 0.2) is 23.3 Å². The van der Waals surface area contributed by atoms with Crippen LogP contribution in [0.5, 0.6) is 0 Å². The minimum atomic E-state index is -1.99. The molecule has 0 spiro atoms. The fraction of sp³-hybridized carbons (Fsp3) is 0.273. The SMILES string of the molecule is COC(=O)c1c(F)c(F)c(C(N)CC(=O)O)c(F)c1F. The van der Waals surface area contributed by atoms with Gasteiger partial charge in [0.25, 0.3) is 0 Å². The minimum absolute atomic E-state index is 0.765. The Hall–Kier alpha value is -2.16. The molecular formula is C11H9F4NO4. The van der Waals surface area contributed by atoms with Crippen LogP contribution in [-0.2, 0) is 9.53 Å². The molecule has 110 valence electrons. The molecule has 0 heterocycles. The number of carboxylic acids is 1. The highest BCUT2D eigenvalue weighted by molar-refractivity contribution is 5.90. The number of hydrogen-bond donors (Lipinski definition) is 2. The Balaban J connectivity index is 3.51. The lowest BCUT2D eigenvalue weighted by Crippen LogP contribution is -2.22. The quantitative estimate of drug-likeness (QED) is 0.499. The van der Waals surface area contributed by atoms with Crippen LogP contribution in [0.2, 0.25) is 0 Å². The normalized spacial score (nSPS) is 12.1. The third-order valence-corrected chi connectivity index (χ3v) is 2.45. The number of halogens is 4. The van der Waals surface area contributed by atoms with Crippen molar-refractivity contribution in [1.29, 1.82) is 0 Å². The van der Waals surface area contributed by atoms with Crippen LogP contribution in [0.3, 0.4) is 0 Å². The van der Waals surface area contributed by atoms with Crippen LogP contribution in [0.1, 0.15) is 28.4 Å². The van der Waals surface area contributed by atoms with E-state index in [1.54, 1.807) is 0 Å². The highest BCUT2D eigenvalue weighted by atomic mass is 19.2. The molecule has 0 amide bonds. The van der Waals surface area contributed by atoms with Crippen molar-refractivity contribution in [2.24, 2.45) is 5.73 Å². The summed E-state index contributed by atoms with van der Waals surface area (Å²) in [5.74, 6) is -11.0. The molecule has 0 aliphatic heterocycles. The summed E-state index contributed by atoms with van der Waals surface area (Å²) in [4.78, 5) is 21.5. The van der Waals surface area contributed by atoms with Crippen LogP contribution in [0.25, 0.3) is 0 Å². The first-order valence-corrected chi connectivity index (χ1v) is 5.13. The van der Waals surface area contributed by atoms with E-state index in [4.69, 9.17) is 10.8 Å². The van der Waals surface area contributed by atoms with E-state index in [1.165, 1.54) is 0 Å². The van der Waals surface area contributed by atoms with E-state index >= 15 is 0 Å². The molecular weight excluding hydrogens is 286 g/mol. The van der Waals surface area contributed by atoms with Gasteiger partial charge in [-0.05, 0) is 0 Å². The molecule has 1 aromatic carbocycles. The van der Waals surface area contributed by atoms with Gasteiger partial charge in [0.2, 0.25) is 0 Å². The van der Waals surface area contributed by atoms with Crippen molar-refractivity contribution < 1.29 is 37.0 Å². The fourth-order valence-corrected chi connectivity index (χ4v) is 1.55. The largest absolute Gasteiger partial charge is 0.481 e. The van der Waals surface area contributed by atoms with Crippen LogP contribution >= 0.6 is 0 Å². The van der Waals surface area contributed by atoms with Crippen molar-refractivity contribution in [1.82, 2.24) is 0 Å². The maximum absolute atomic E-state index is 13.6. The molecule has 0 bridgehead atoms. The molecule has 0 saturated carbocycles. The van der Waals surface area contributed by atoms with Crippen LogP contribution < -0.4 is 5.73 Å². The highest BCUT2D eigenvalue weighted by Gasteiger charge is 2.32. The number of esters is 1. The summed E-state index contributed by atoms with van der Waals surface area (Å²) >= 11 is 0. The first-order valence-electron chi connectivity index (χ1n) is 5.13. The molecule has 0 aromatic heterocycles. The number of carbonyl (C=O) groups is 2. The average Bonchev–Trinajstić information content (AvgIpc) is 2.35. The molecule has 0 aliphatic rings. The predicted molar refractivity (Wildman–Crippen MR) is 56.8 cm³/mol. The molecule has 1 rings (SSSR count). The molecule has 1 atom stereocenters. The van der Waals surface area contributed by atoms with Crippen molar-refractivity contribution in [3.63, 3.8) is 0 Å². The Morgan fingerprint density at radius 2 is 1.60 bits per heavy atom. The Kier molecular flexibility index (Phi) is 4.66. The van der Waals surface area contributed by atoms with Crippen molar-refractivity contribution >= 4 is 11.9 Å². The Morgan fingerprint density at radius 1 is 1.15 bits per heavy atom. The molecule has 0 saturated heterocycles. The first kappa shape index (κ1) is 15.9. The number of aliphatic carboxylic acids is 1. The van der Waals surface area contributed by atoms with Gasteiger partial charge in [0, 0.05) is 11.6 Å². The minimum Gasteiger partial charge on any atom is -0.481 e. The van der Waals surface area contributed by atoms with Gasteiger partial charge in [-0.15, -0.1) is 0 Å². The summed E-state index contributed by atoms with van der Waals surface area (Å²) < 4.78 is 58.4. The van der Waals surface area contributed by atoms with Crippen molar-refractivity contribution in [2.75, 3.05) is 7.11 Å². The first-order chi connectivity index (χ1) is 9.22. The zero-order valence-electron chi connectivity index (χ0n) is 10.0. The number of methoxy groups -OCH3 is 1. The standard InChI is InChI=1S/C11H9F4NO4/c1-20-11(19)6-9(14)7(12)5(8(13)10(6)15)3(16)2-4(17)18/h3H,2,16H2,1H3,(H,17,18). The second-order valence-electron chi connectivity index (χ2n) is 3.74. The molecule has 9 heteroatoms. The average molecular weight is 295 g/mol. The fourth-order valence-electron chi connectivity index (χ4n) is 1.55. The van der Waals surface area contributed by atoms with Gasteiger partial charge in [0.1, 0.15) is 5.56 Å². The smallest absolute Gasteiger partial charge is 0.344 e. The van der Waals surface area contributed by atoms with Crippen LogP contribution in [0, 0.1) is 23.3 Å². The topological polar surface area (TPSA) is 89.6 Å². The van der Waals surface area contributed by atoms with Crippen LogP contribution in [0.15, 0.2) is 0 Å². The van der Waals surface area contributed by atoms with Crippen molar-refractivity contribution in [3.8, 4) is 0 Å². The maximum atomic E-state index is 13.6. The number of nitrogens with two attached hydrogens (primary N) is 1. The second-order valence-corrected chi connectivity index (χ2v) is 3.74. The zero-order chi connectivity index (χ0) is 15.6. The van der Waals surface area contributed by atoms with E-state index in [9.17, 15) is 27.2 Å². The van der Waals surface area contributed by atoms with E-state index in [0.717, 1.165) is 7.11 Å². The lowest BCUT2D eigenvalue weighted by atomic mass is 10.00. The van der Waals surface area contributed by atoms with E-state index in [2.05, 4.69) is 4.74 Å². The summed E-state index contributed by atoms with van der Waals surface area (Å²) in [6.45, 7) is 0. The van der Waals surface area contributed by atoms with Crippen molar-refractivity contribution in [3.05, 3.63) is 34.4 Å². The van der Waals surface area contributed by atoms with Gasteiger partial charge in [-0.25, -0.2) is 22.4 Å². The lowest BCUT2D eigenvalue weighted by Gasteiger charge is -2.14. The van der Waals surface area contributed by atoms with E-state index < -0.39 is 58.8 Å². The third kappa shape index (κ3) is 2.72. The molecule has 0 aliphatic carbocycles. The number of carbonyl (C=O) groups excluding carboxylic acids is 1. The molecule has 1 aromatic rings. The van der Waals surface area contributed by atoms with Gasteiger partial charge in [-0.2, -0.15) is 0 Å². The van der Waals surface area contributed by atoms with E-state index in [1.807, 2.05) is 0 Å². The molecule has 0 fully saturated rings. The monoisotopic (exact) mass is 295 g/mol. The van der Waals surface area contributed by atoms with Crippen LogP contribution in [-0.4, -0.2) is 24.2 Å². The molecule has 0 radical (unpaired) electrons. The number of rotatable bonds is 4. The molecule has 1 unspecified atom stereocenters. The van der Waals surface area contributed by atoms with Gasteiger partial charge in [-0.3, -0.25) is 4.79 Å². The summed E-state index contributed by atoms with van der Waals surface area (Å²) in [5.41, 5.74) is 2.35. The lowest BCUT2D eigenvalue weighted by molar-refractivity contribution is -0.137. The molecule has 3 N–H and O–H groups in total. The highest BCUT2D eigenvalue weighted by Crippen LogP contribution is 2.29. The number of benzene rings is 1. The number of hydrogen-bond acceptors (Lipinski definition) is 4. The Bertz CT molecular complexity index is 547. The third-order valence-electron chi connectivity index (χ3n) is 2.45. The molecule has 20 heavy (non-hydrogen) atoms. The van der Waals surface area contributed by atoms with Gasteiger partial charge < -0.3 is 15.6 Å². The van der Waals surface area contributed by atoms with Gasteiger partial charge in [0.05, 0.1) is 13.5 Å². The second kappa shape index (κ2) is 5.87. The Labute approximate surface area is 109 Å². The van der Waals surface area contributed by atoms with Gasteiger partial charge in [-0.1, -0.05) is 0 Å². The zero-order valence-corrected chi connectivity index (χ0v) is 10.0. The number of carboxylic acid groups (broad SMARTS) is 1. The summed E-state index contributed by atoms with van der Waals surface area (Å²) in [6.07, 6.45) is -0.954. The van der Waals surface area contributed by atoms with Crippen LogP contribution in [0.4, 0.5) is 17.6 Å². The van der Waals surface area contributed by atoms with E-state index in [-0.39, 0.29) is 0 Å². The van der Waals surface area contributed by atoms with E-state index in [0.29, 0.717) is 0 Å². The summed E-state index contributed by atoms with van der Waals surface area (Å²) in [7, 11) is 0.765. The summed E-state index contributed by atoms with van der Waals surface area (Å²) in [5, 5.41) is 8.46. The predicted octanol–water partition coefficient (Wildman–Crippen LogP) is 1.50. The molecule has 5 nitrogen and oxygen atoms in total. The van der Waals surface area contributed by atoms with Crippen molar-refractivity contribution in [2.45, 2.75) is 12.5 Å². The number of ether oxygens (including phenoxy) is 1.